The number of nitrogens with one attached hydrogen (secondary N) is 2. The van der Waals surface area contributed by atoms with Crippen molar-refractivity contribution in [3.63, 3.8) is 0 Å². The molecule has 0 bridgehead atoms. The second-order valence-corrected chi connectivity index (χ2v) is 6.68. The number of ether oxygens (including phenoxy) is 1. The Balaban J connectivity index is 2.10. The van der Waals surface area contributed by atoms with E-state index in [9.17, 15) is 4.79 Å². The van der Waals surface area contributed by atoms with Crippen LogP contribution in [-0.2, 0) is 4.74 Å². The van der Waals surface area contributed by atoms with E-state index in [1.807, 2.05) is 39.0 Å². The van der Waals surface area contributed by atoms with Crippen LogP contribution in [0.5, 0.6) is 0 Å². The molecule has 1 saturated heterocycles. The van der Waals surface area contributed by atoms with Crippen molar-refractivity contribution < 1.29 is 9.53 Å². The SMILES string of the molecule is CC(c1ccccc1NC(=O)OC(C)(C)C)N1CCNCC1. The quantitative estimate of drug-likeness (QED) is 0.901. The monoisotopic (exact) mass is 305 g/mol. The zero-order valence-corrected chi connectivity index (χ0v) is 14.0. The fourth-order valence-electron chi connectivity index (χ4n) is 2.65. The summed E-state index contributed by atoms with van der Waals surface area (Å²) < 4.78 is 5.35. The molecular weight excluding hydrogens is 278 g/mol. The van der Waals surface area contributed by atoms with Crippen molar-refractivity contribution >= 4 is 11.8 Å². The molecule has 5 heteroatoms. The smallest absolute Gasteiger partial charge is 0.412 e. The number of para-hydroxylation sites is 1. The van der Waals surface area contributed by atoms with Crippen molar-refractivity contribution in [3.05, 3.63) is 29.8 Å². The molecular formula is C17H27N3O2. The van der Waals surface area contributed by atoms with Gasteiger partial charge in [0.2, 0.25) is 0 Å². The predicted molar refractivity (Wildman–Crippen MR) is 89.2 cm³/mol. The molecule has 22 heavy (non-hydrogen) atoms. The third-order valence-electron chi connectivity index (χ3n) is 3.75. The van der Waals surface area contributed by atoms with Gasteiger partial charge in [-0.05, 0) is 39.3 Å². The second kappa shape index (κ2) is 7.11. The Bertz CT molecular complexity index is 505. The highest BCUT2D eigenvalue weighted by Gasteiger charge is 2.22. The van der Waals surface area contributed by atoms with Crippen molar-refractivity contribution in [2.75, 3.05) is 31.5 Å². The van der Waals surface area contributed by atoms with Crippen molar-refractivity contribution in [1.82, 2.24) is 10.2 Å². The first-order chi connectivity index (χ1) is 10.4. The summed E-state index contributed by atoms with van der Waals surface area (Å²) in [7, 11) is 0. The number of carbonyl (C=O) groups is 1. The van der Waals surface area contributed by atoms with Gasteiger partial charge in [0.15, 0.2) is 0 Å². The molecule has 0 spiro atoms. The highest BCUT2D eigenvalue weighted by Crippen LogP contribution is 2.28. The molecule has 5 nitrogen and oxygen atoms in total. The number of anilines is 1. The molecule has 0 aromatic heterocycles. The minimum atomic E-state index is -0.497. The fourth-order valence-corrected chi connectivity index (χ4v) is 2.65. The summed E-state index contributed by atoms with van der Waals surface area (Å²) in [6.45, 7) is 11.8. The van der Waals surface area contributed by atoms with Crippen molar-refractivity contribution in [2.45, 2.75) is 39.3 Å². The summed E-state index contributed by atoms with van der Waals surface area (Å²) in [5, 5.41) is 6.25. The third-order valence-corrected chi connectivity index (χ3v) is 3.75. The largest absolute Gasteiger partial charge is 0.444 e. The number of rotatable bonds is 3. The Hall–Kier alpha value is -1.59. The topological polar surface area (TPSA) is 53.6 Å². The van der Waals surface area contributed by atoms with E-state index in [1.165, 1.54) is 0 Å². The second-order valence-electron chi connectivity index (χ2n) is 6.68. The van der Waals surface area contributed by atoms with Crippen molar-refractivity contribution in [2.24, 2.45) is 0 Å². The Morgan fingerprint density at radius 1 is 1.27 bits per heavy atom. The molecule has 1 unspecified atom stereocenters. The molecule has 1 atom stereocenters. The molecule has 1 aliphatic rings. The molecule has 1 aromatic rings. The summed E-state index contributed by atoms with van der Waals surface area (Å²) in [6.07, 6.45) is -0.410. The van der Waals surface area contributed by atoms with E-state index in [2.05, 4.69) is 28.5 Å². The molecule has 1 aliphatic heterocycles. The lowest BCUT2D eigenvalue weighted by Crippen LogP contribution is -2.44. The number of hydrogen-bond acceptors (Lipinski definition) is 4. The molecule has 1 aromatic carbocycles. The highest BCUT2D eigenvalue weighted by molar-refractivity contribution is 5.86. The van der Waals surface area contributed by atoms with Gasteiger partial charge in [0.05, 0.1) is 0 Å². The van der Waals surface area contributed by atoms with Gasteiger partial charge >= 0.3 is 6.09 Å². The predicted octanol–water partition coefficient (Wildman–Crippen LogP) is 3.00. The van der Waals surface area contributed by atoms with Gasteiger partial charge in [-0.25, -0.2) is 4.79 Å². The van der Waals surface area contributed by atoms with E-state index in [0.717, 1.165) is 37.4 Å². The summed E-state index contributed by atoms with van der Waals surface area (Å²) in [4.78, 5) is 14.4. The number of nitrogens with zero attached hydrogens (tertiary/aromatic N) is 1. The van der Waals surface area contributed by atoms with Crippen LogP contribution in [0.25, 0.3) is 0 Å². The molecule has 0 saturated carbocycles. The van der Waals surface area contributed by atoms with Crippen LogP contribution in [0.3, 0.4) is 0 Å². The van der Waals surface area contributed by atoms with Gasteiger partial charge in [0.1, 0.15) is 5.60 Å². The van der Waals surface area contributed by atoms with Crippen LogP contribution < -0.4 is 10.6 Å². The van der Waals surface area contributed by atoms with Gasteiger partial charge in [0.25, 0.3) is 0 Å². The molecule has 1 amide bonds. The number of benzene rings is 1. The normalized spacial score (nSPS) is 17.8. The van der Waals surface area contributed by atoms with Crippen LogP contribution in [0.4, 0.5) is 10.5 Å². The van der Waals surface area contributed by atoms with E-state index in [0.29, 0.717) is 0 Å². The molecule has 2 N–H and O–H groups in total. The lowest BCUT2D eigenvalue weighted by Gasteiger charge is -2.34. The molecule has 1 fully saturated rings. The Morgan fingerprint density at radius 2 is 1.91 bits per heavy atom. The number of carbonyl (C=O) groups excluding carboxylic acids is 1. The van der Waals surface area contributed by atoms with Crippen LogP contribution in [0.2, 0.25) is 0 Å². The summed E-state index contributed by atoms with van der Waals surface area (Å²) in [5.41, 5.74) is 1.45. The van der Waals surface area contributed by atoms with Crippen LogP contribution >= 0.6 is 0 Å². The number of hydrogen-bond donors (Lipinski definition) is 2. The minimum Gasteiger partial charge on any atom is -0.444 e. The van der Waals surface area contributed by atoms with Crippen molar-refractivity contribution in [1.29, 1.82) is 0 Å². The molecule has 0 radical (unpaired) electrons. The maximum absolute atomic E-state index is 12.0. The Morgan fingerprint density at radius 3 is 2.55 bits per heavy atom. The number of piperazine rings is 1. The summed E-state index contributed by atoms with van der Waals surface area (Å²) in [5.74, 6) is 0. The molecule has 2 rings (SSSR count). The highest BCUT2D eigenvalue weighted by atomic mass is 16.6. The average Bonchev–Trinajstić information content (AvgIpc) is 2.46. The van der Waals surface area contributed by atoms with Crippen LogP contribution in [0, 0.1) is 0 Å². The first kappa shape index (κ1) is 16.8. The first-order valence-electron chi connectivity index (χ1n) is 7.90. The van der Waals surface area contributed by atoms with Crippen LogP contribution in [0.15, 0.2) is 24.3 Å². The lowest BCUT2D eigenvalue weighted by atomic mass is 10.0. The number of amides is 1. The maximum atomic E-state index is 12.0. The molecule has 0 aliphatic carbocycles. The average molecular weight is 305 g/mol. The third kappa shape index (κ3) is 4.71. The van der Waals surface area contributed by atoms with Crippen LogP contribution in [-0.4, -0.2) is 42.8 Å². The van der Waals surface area contributed by atoms with Crippen LogP contribution in [0.1, 0.15) is 39.3 Å². The van der Waals surface area contributed by atoms with E-state index in [-0.39, 0.29) is 6.04 Å². The standard InChI is InChI=1S/C17H27N3O2/c1-13(20-11-9-18-10-12-20)14-7-5-6-8-15(14)19-16(21)22-17(2,3)4/h5-8,13,18H,9-12H2,1-4H3,(H,19,21). The van der Waals surface area contributed by atoms with E-state index in [4.69, 9.17) is 4.74 Å². The van der Waals surface area contributed by atoms with Gasteiger partial charge in [-0.2, -0.15) is 0 Å². The lowest BCUT2D eigenvalue weighted by molar-refractivity contribution is 0.0635. The Labute approximate surface area is 133 Å². The zero-order valence-electron chi connectivity index (χ0n) is 14.0. The Kier molecular flexibility index (Phi) is 5.42. The zero-order chi connectivity index (χ0) is 16.2. The van der Waals surface area contributed by atoms with Gasteiger partial charge in [-0.1, -0.05) is 18.2 Å². The van der Waals surface area contributed by atoms with Gasteiger partial charge in [-0.3, -0.25) is 10.2 Å². The first-order valence-corrected chi connectivity index (χ1v) is 7.90. The maximum Gasteiger partial charge on any atom is 0.412 e. The summed E-state index contributed by atoms with van der Waals surface area (Å²) in [6, 6.07) is 8.19. The van der Waals surface area contributed by atoms with Gasteiger partial charge in [0, 0.05) is 37.9 Å². The fraction of sp³-hybridized carbons (Fsp3) is 0.588. The van der Waals surface area contributed by atoms with Gasteiger partial charge in [-0.15, -0.1) is 0 Å². The van der Waals surface area contributed by atoms with E-state index in [1.54, 1.807) is 0 Å². The molecule has 1 heterocycles. The van der Waals surface area contributed by atoms with Gasteiger partial charge < -0.3 is 10.1 Å². The summed E-state index contributed by atoms with van der Waals surface area (Å²) >= 11 is 0. The van der Waals surface area contributed by atoms with E-state index >= 15 is 0 Å². The molecule has 122 valence electrons. The minimum absolute atomic E-state index is 0.258. The van der Waals surface area contributed by atoms with E-state index < -0.39 is 11.7 Å². The van der Waals surface area contributed by atoms with Crippen molar-refractivity contribution in [3.8, 4) is 0 Å².